The van der Waals surface area contributed by atoms with Crippen molar-refractivity contribution in [2.45, 2.75) is 20.1 Å². The molecule has 0 unspecified atom stereocenters. The molecular weight excluding hydrogens is 384 g/mol. The molecule has 3 rings (SSSR count). The maximum absolute atomic E-state index is 10.8. The molecule has 0 aliphatic rings. The fraction of sp³-hybridized carbons (Fsp3) is 0.174. The van der Waals surface area contributed by atoms with E-state index in [0.717, 1.165) is 11.1 Å². The molecule has 0 bridgehead atoms. The first-order chi connectivity index (χ1) is 14.7. The van der Waals surface area contributed by atoms with Gasteiger partial charge >= 0.3 is 0 Å². The van der Waals surface area contributed by atoms with Gasteiger partial charge in [0, 0.05) is 17.7 Å². The van der Waals surface area contributed by atoms with Crippen LogP contribution < -0.4 is 9.47 Å². The number of nitro groups is 1. The fourth-order valence-corrected chi connectivity index (χ4v) is 2.70. The summed E-state index contributed by atoms with van der Waals surface area (Å²) in [5.41, 5.74) is 2.54. The zero-order valence-electron chi connectivity index (χ0n) is 16.6. The summed E-state index contributed by atoms with van der Waals surface area (Å²) in [6.45, 7) is 2.99. The highest BCUT2D eigenvalue weighted by Crippen LogP contribution is 2.29. The molecule has 0 spiro atoms. The average Bonchev–Trinajstić information content (AvgIpc) is 2.77. The molecule has 154 valence electrons. The minimum absolute atomic E-state index is 0.0209. The lowest BCUT2D eigenvalue weighted by atomic mass is 10.2. The highest BCUT2D eigenvalue weighted by Gasteiger charge is 2.07. The number of hydrogen-bond donors (Lipinski definition) is 0. The van der Waals surface area contributed by atoms with Gasteiger partial charge in [-0.1, -0.05) is 47.6 Å². The molecule has 3 aromatic rings. The molecule has 0 saturated heterocycles. The van der Waals surface area contributed by atoms with E-state index in [1.807, 2.05) is 55.5 Å². The Morgan fingerprint density at radius 3 is 2.47 bits per heavy atom. The van der Waals surface area contributed by atoms with Crippen LogP contribution in [0.2, 0.25) is 0 Å². The Kier molecular flexibility index (Phi) is 7.38. The van der Waals surface area contributed by atoms with Crippen LogP contribution in [0.5, 0.6) is 11.5 Å². The van der Waals surface area contributed by atoms with E-state index in [-0.39, 0.29) is 12.3 Å². The molecule has 30 heavy (non-hydrogen) atoms. The van der Waals surface area contributed by atoms with Gasteiger partial charge in [-0.05, 0) is 36.2 Å². The smallest absolute Gasteiger partial charge is 0.269 e. The van der Waals surface area contributed by atoms with E-state index >= 15 is 0 Å². The number of rotatable bonds is 10. The number of non-ortho nitro benzene ring substituents is 1. The summed E-state index contributed by atoms with van der Waals surface area (Å²) in [5, 5.41) is 14.8. The van der Waals surface area contributed by atoms with E-state index in [1.165, 1.54) is 12.1 Å². The third-order valence-corrected chi connectivity index (χ3v) is 4.13. The van der Waals surface area contributed by atoms with Crippen LogP contribution in [0.25, 0.3) is 0 Å². The van der Waals surface area contributed by atoms with Crippen molar-refractivity contribution in [2.75, 3.05) is 6.61 Å². The topological polar surface area (TPSA) is 83.2 Å². The van der Waals surface area contributed by atoms with E-state index in [1.54, 1.807) is 18.3 Å². The zero-order chi connectivity index (χ0) is 21.2. The van der Waals surface area contributed by atoms with Gasteiger partial charge in [0.2, 0.25) is 0 Å². The van der Waals surface area contributed by atoms with Crippen molar-refractivity contribution < 1.29 is 19.2 Å². The van der Waals surface area contributed by atoms with E-state index in [0.29, 0.717) is 30.3 Å². The molecule has 7 heteroatoms. The number of nitro benzene ring substituents is 1. The normalized spacial score (nSPS) is 10.7. The van der Waals surface area contributed by atoms with Gasteiger partial charge in [-0.25, -0.2) is 0 Å². The van der Waals surface area contributed by atoms with Gasteiger partial charge in [0.25, 0.3) is 5.69 Å². The van der Waals surface area contributed by atoms with Gasteiger partial charge in [0.1, 0.15) is 13.2 Å². The van der Waals surface area contributed by atoms with Crippen LogP contribution in [-0.2, 0) is 18.1 Å². The van der Waals surface area contributed by atoms with Gasteiger partial charge in [-0.3, -0.25) is 10.1 Å². The third kappa shape index (κ3) is 6.07. The second-order valence-corrected chi connectivity index (χ2v) is 6.35. The highest BCUT2D eigenvalue weighted by atomic mass is 16.6. The molecule has 0 amide bonds. The number of ether oxygens (including phenoxy) is 2. The van der Waals surface area contributed by atoms with Crippen molar-refractivity contribution in [3.05, 3.63) is 99.6 Å². The first kappa shape index (κ1) is 20.9. The number of benzene rings is 3. The maximum atomic E-state index is 10.8. The second-order valence-electron chi connectivity index (χ2n) is 6.35. The fourth-order valence-electron chi connectivity index (χ4n) is 2.70. The second kappa shape index (κ2) is 10.6. The lowest BCUT2D eigenvalue weighted by molar-refractivity contribution is -0.384. The summed E-state index contributed by atoms with van der Waals surface area (Å²) in [5.74, 6) is 1.27. The van der Waals surface area contributed by atoms with E-state index in [4.69, 9.17) is 14.3 Å². The molecule has 3 aromatic carbocycles. The van der Waals surface area contributed by atoms with E-state index in [2.05, 4.69) is 5.16 Å². The molecule has 0 heterocycles. The average molecular weight is 406 g/mol. The van der Waals surface area contributed by atoms with Crippen LogP contribution in [-0.4, -0.2) is 17.7 Å². The van der Waals surface area contributed by atoms with Crippen molar-refractivity contribution in [1.29, 1.82) is 0 Å². The summed E-state index contributed by atoms with van der Waals surface area (Å²) in [6, 6.07) is 21.7. The molecule has 0 N–H and O–H groups in total. The quantitative estimate of drug-likeness (QED) is 0.265. The molecule has 0 saturated carbocycles. The molecule has 0 aliphatic carbocycles. The molecule has 7 nitrogen and oxygen atoms in total. The summed E-state index contributed by atoms with van der Waals surface area (Å²) < 4.78 is 11.6. The van der Waals surface area contributed by atoms with Gasteiger partial charge in [-0.2, -0.15) is 0 Å². The van der Waals surface area contributed by atoms with Crippen LogP contribution in [0.4, 0.5) is 5.69 Å². The Morgan fingerprint density at radius 1 is 0.900 bits per heavy atom. The number of oxime groups is 1. The Labute approximate surface area is 174 Å². The van der Waals surface area contributed by atoms with Crippen LogP contribution in [0.1, 0.15) is 23.6 Å². The van der Waals surface area contributed by atoms with Crippen LogP contribution in [0, 0.1) is 10.1 Å². The van der Waals surface area contributed by atoms with Gasteiger partial charge in [-0.15, -0.1) is 0 Å². The number of nitrogens with zero attached hydrogens (tertiary/aromatic N) is 2. The van der Waals surface area contributed by atoms with E-state index in [9.17, 15) is 10.1 Å². The predicted octanol–water partition coefficient (Wildman–Crippen LogP) is 5.12. The SMILES string of the molecule is CCOc1cc(/C=N\OCc2cccc([N+](=O)[O-])c2)ccc1OCc1ccccc1. The molecule has 0 aliphatic heterocycles. The number of hydrogen-bond acceptors (Lipinski definition) is 6. The van der Waals surface area contributed by atoms with Crippen molar-refractivity contribution in [3.8, 4) is 11.5 Å². The van der Waals surface area contributed by atoms with Crippen molar-refractivity contribution in [3.63, 3.8) is 0 Å². The van der Waals surface area contributed by atoms with Crippen LogP contribution >= 0.6 is 0 Å². The largest absolute Gasteiger partial charge is 0.490 e. The van der Waals surface area contributed by atoms with Crippen molar-refractivity contribution in [1.82, 2.24) is 0 Å². The minimum atomic E-state index is -0.441. The van der Waals surface area contributed by atoms with E-state index < -0.39 is 4.92 Å². The van der Waals surface area contributed by atoms with Crippen LogP contribution in [0.3, 0.4) is 0 Å². The predicted molar refractivity (Wildman–Crippen MR) is 114 cm³/mol. The van der Waals surface area contributed by atoms with Gasteiger partial charge in [0.15, 0.2) is 11.5 Å². The summed E-state index contributed by atoms with van der Waals surface area (Å²) in [6.07, 6.45) is 1.56. The van der Waals surface area contributed by atoms with Crippen molar-refractivity contribution in [2.24, 2.45) is 5.16 Å². The van der Waals surface area contributed by atoms with Crippen LogP contribution in [0.15, 0.2) is 78.0 Å². The Bertz CT molecular complexity index is 1010. The van der Waals surface area contributed by atoms with Crippen molar-refractivity contribution >= 4 is 11.9 Å². The lowest BCUT2D eigenvalue weighted by Gasteiger charge is -2.12. The summed E-state index contributed by atoms with van der Waals surface area (Å²) in [7, 11) is 0. The monoisotopic (exact) mass is 406 g/mol. The molecule has 0 atom stereocenters. The Hall–Kier alpha value is -3.87. The summed E-state index contributed by atoms with van der Waals surface area (Å²) >= 11 is 0. The highest BCUT2D eigenvalue weighted by molar-refractivity contribution is 5.80. The first-order valence-electron chi connectivity index (χ1n) is 9.48. The first-order valence-corrected chi connectivity index (χ1v) is 9.48. The Balaban J connectivity index is 1.60. The summed E-state index contributed by atoms with van der Waals surface area (Å²) in [4.78, 5) is 15.6. The standard InChI is InChI=1S/C23H22N2O5/c1-2-28-23-14-19(11-12-22(23)29-16-18-7-4-3-5-8-18)15-24-30-17-20-9-6-10-21(13-20)25(26)27/h3-15H,2,16-17H2,1H3/b24-15-. The van der Waals surface area contributed by atoms with Gasteiger partial charge in [0.05, 0.1) is 17.7 Å². The molecule has 0 radical (unpaired) electrons. The van der Waals surface area contributed by atoms with Gasteiger partial charge < -0.3 is 14.3 Å². The third-order valence-electron chi connectivity index (χ3n) is 4.13. The Morgan fingerprint density at radius 2 is 1.70 bits per heavy atom. The zero-order valence-corrected chi connectivity index (χ0v) is 16.6. The maximum Gasteiger partial charge on any atom is 0.269 e. The molecule has 0 fully saturated rings. The molecular formula is C23H22N2O5. The minimum Gasteiger partial charge on any atom is -0.490 e. The molecule has 0 aromatic heterocycles. The lowest BCUT2D eigenvalue weighted by Crippen LogP contribution is -2.00.